The zero-order valence-electron chi connectivity index (χ0n) is 71.9. The average Bonchev–Trinajstić information content (AvgIpc) is 1.21. The molecule has 450 valence electrons. The van der Waals surface area contributed by atoms with Crippen LogP contribution in [0.3, 0.4) is 0 Å². The Hall–Kier alpha value is -9.90. The monoisotopic (exact) mass is 1210 g/mol. The van der Waals surface area contributed by atoms with Crippen molar-refractivity contribution in [2.45, 2.75) is 105 Å². The van der Waals surface area contributed by atoms with Crippen LogP contribution in [0.2, 0.25) is 0 Å². The largest absolute Gasteiger partial charge is 0.310 e. The van der Waals surface area contributed by atoms with Crippen LogP contribution in [-0.4, -0.2) is 11.3 Å². The smallest absolute Gasteiger partial charge is 0.252 e. The zero-order valence-corrected chi connectivity index (χ0v) is 53.9. The van der Waals surface area contributed by atoms with Crippen LogP contribution in [0.5, 0.6) is 0 Å². The van der Waals surface area contributed by atoms with Crippen molar-refractivity contribution in [3.05, 3.63) is 289 Å². The van der Waals surface area contributed by atoms with Crippen molar-refractivity contribution in [2.24, 2.45) is 0 Å². The summed E-state index contributed by atoms with van der Waals surface area (Å²) in [5.41, 5.74) is 5.37. The number of fused-ring (bicyclic) bond motifs is 7. The summed E-state index contributed by atoms with van der Waals surface area (Å²) < 4.78 is 183. The second kappa shape index (κ2) is 21.9. The molecule has 0 saturated heterocycles. The summed E-state index contributed by atoms with van der Waals surface area (Å²) in [6, 6.07) is 40.7. The minimum Gasteiger partial charge on any atom is -0.310 e. The molecule has 0 N–H and O–H groups in total. The van der Waals surface area contributed by atoms with E-state index in [1.165, 1.54) is 0 Å². The van der Waals surface area contributed by atoms with E-state index < -0.39 is 154 Å². The number of anilines is 6. The molecular formula is C88H80BN3. The summed E-state index contributed by atoms with van der Waals surface area (Å²) in [5, 5.41) is -0.630. The number of hydrogen-bond acceptors (Lipinski definition) is 2. The standard InChI is InChI=1S/C88H80BN3/c1-85(2,3)63-44-41-57(42-45-63)62-43-48-78-75(49-62)89-74-47-46-67(90-76-39-27-25-37-68(76)69-38-26-28-40-77(69)90)56-79(74)92(84-72(60-33-21-15-22-34-60)52-65(87(7,8)9)53-73(84)61-35-23-16-24-36-61)81-55-66(88(10,11)12)54-80(82(81)89)91(78)83-70(58-29-17-13-18-30-58)50-64(86(4,5)6)51-71(83)59-31-19-14-20-32-59/h13-56H,1-12H3/i25D,26D,27D,28D,37D,38D,39D,40D,41D,42D,43D,44D,45D,46D,47D,48D,49D,56D. The van der Waals surface area contributed by atoms with Crippen LogP contribution in [0, 0.1) is 0 Å². The molecule has 4 heteroatoms. The third kappa shape index (κ3) is 9.98. The van der Waals surface area contributed by atoms with Crippen molar-refractivity contribution in [3.63, 3.8) is 0 Å². The molecule has 0 aliphatic carbocycles. The molecule has 0 unspecified atom stereocenters. The average molecular weight is 1210 g/mol. The maximum Gasteiger partial charge on any atom is 0.252 e. The number of benzene rings is 12. The van der Waals surface area contributed by atoms with Crippen LogP contribution >= 0.6 is 0 Å². The molecule has 0 fully saturated rings. The molecule has 0 atom stereocenters. The van der Waals surface area contributed by atoms with Crippen LogP contribution in [0.1, 0.15) is 130 Å². The first-order valence-electron chi connectivity index (χ1n) is 40.5. The number of hydrogen-bond donors (Lipinski definition) is 0. The van der Waals surface area contributed by atoms with E-state index in [0.29, 0.717) is 56.0 Å². The summed E-state index contributed by atoms with van der Waals surface area (Å²) in [5.74, 6) is 0. The van der Waals surface area contributed by atoms with Gasteiger partial charge < -0.3 is 14.4 Å². The number of rotatable bonds is 8. The van der Waals surface area contributed by atoms with Gasteiger partial charge in [-0.2, -0.15) is 0 Å². The summed E-state index contributed by atoms with van der Waals surface area (Å²) in [6.07, 6.45) is 0. The third-order valence-electron chi connectivity index (χ3n) is 18.0. The molecule has 3 heterocycles. The fraction of sp³-hybridized carbons (Fsp3) is 0.182. The maximum atomic E-state index is 11.6. The van der Waals surface area contributed by atoms with Gasteiger partial charge in [-0.3, -0.25) is 0 Å². The Kier molecular flexibility index (Phi) is 9.88. The summed E-state index contributed by atoms with van der Waals surface area (Å²) in [6.45, 7) is 22.7. The maximum absolute atomic E-state index is 11.6. The van der Waals surface area contributed by atoms with E-state index in [9.17, 15) is 21.9 Å². The van der Waals surface area contributed by atoms with E-state index in [-0.39, 0.29) is 49.7 Å². The van der Waals surface area contributed by atoms with Crippen molar-refractivity contribution in [3.8, 4) is 61.3 Å². The van der Waals surface area contributed by atoms with Crippen LogP contribution < -0.4 is 26.2 Å². The van der Waals surface area contributed by atoms with E-state index in [4.69, 9.17) is 2.74 Å². The molecule has 0 spiro atoms. The van der Waals surface area contributed by atoms with Crippen molar-refractivity contribution < 1.29 is 24.7 Å². The van der Waals surface area contributed by atoms with Crippen LogP contribution in [-0.2, 0) is 21.7 Å². The van der Waals surface area contributed by atoms with Crippen LogP contribution in [0.4, 0.5) is 34.1 Å². The van der Waals surface area contributed by atoms with E-state index in [2.05, 4.69) is 86.6 Å². The number of para-hydroxylation sites is 2. The minimum atomic E-state index is -1.54. The van der Waals surface area contributed by atoms with Crippen LogP contribution in [0.25, 0.3) is 83.1 Å². The first-order chi connectivity index (χ1) is 51.7. The fourth-order valence-corrected chi connectivity index (χ4v) is 13.1. The normalized spacial score (nSPS) is 15.9. The molecule has 0 bridgehead atoms. The Labute approximate surface area is 570 Å². The quantitative estimate of drug-likeness (QED) is 0.141. The Balaban J connectivity index is 1.26. The third-order valence-corrected chi connectivity index (χ3v) is 18.0. The predicted octanol–water partition coefficient (Wildman–Crippen LogP) is 22.4. The second-order valence-electron chi connectivity index (χ2n) is 28.4. The van der Waals surface area contributed by atoms with Gasteiger partial charge in [-0.05, 0) is 160 Å². The van der Waals surface area contributed by atoms with Crippen molar-refractivity contribution in [1.29, 1.82) is 0 Å². The molecule has 2 aliphatic heterocycles. The van der Waals surface area contributed by atoms with Gasteiger partial charge in [0.05, 0.1) is 47.1 Å². The van der Waals surface area contributed by atoms with Gasteiger partial charge in [-0.25, -0.2) is 0 Å². The first kappa shape index (κ1) is 41.5. The Bertz CT molecular complexity index is 5890. The molecular weight excluding hydrogens is 1110 g/mol. The molecule has 0 saturated carbocycles. The molecule has 0 amide bonds. The Morgan fingerprint density at radius 2 is 0.696 bits per heavy atom. The van der Waals surface area contributed by atoms with Gasteiger partial charge in [-0.15, -0.1) is 0 Å². The second-order valence-corrected chi connectivity index (χ2v) is 28.4. The Morgan fingerprint density at radius 3 is 1.11 bits per heavy atom. The van der Waals surface area contributed by atoms with E-state index in [1.807, 2.05) is 143 Å². The molecule has 92 heavy (non-hydrogen) atoms. The highest BCUT2D eigenvalue weighted by Gasteiger charge is 2.46. The van der Waals surface area contributed by atoms with Gasteiger partial charge in [0.25, 0.3) is 6.71 Å². The minimum absolute atomic E-state index is 0.0301. The lowest BCUT2D eigenvalue weighted by Gasteiger charge is -2.47. The molecule has 12 aromatic carbocycles. The van der Waals surface area contributed by atoms with Crippen molar-refractivity contribution in [2.75, 3.05) is 9.80 Å². The summed E-state index contributed by atoms with van der Waals surface area (Å²) in [4.78, 5) is 3.89. The van der Waals surface area contributed by atoms with Gasteiger partial charge in [0.2, 0.25) is 0 Å². The van der Waals surface area contributed by atoms with E-state index >= 15 is 0 Å². The predicted molar refractivity (Wildman–Crippen MR) is 397 cm³/mol. The summed E-state index contributed by atoms with van der Waals surface area (Å²) >= 11 is 0. The lowest BCUT2D eigenvalue weighted by Crippen LogP contribution is -2.61. The van der Waals surface area contributed by atoms with Crippen molar-refractivity contribution in [1.82, 2.24) is 4.57 Å². The summed E-state index contributed by atoms with van der Waals surface area (Å²) in [7, 11) is 0. The topological polar surface area (TPSA) is 11.4 Å². The van der Waals surface area contributed by atoms with Gasteiger partial charge >= 0.3 is 0 Å². The van der Waals surface area contributed by atoms with Crippen LogP contribution in [0.15, 0.2) is 266 Å². The van der Waals surface area contributed by atoms with Gasteiger partial charge in [0.15, 0.2) is 0 Å². The zero-order chi connectivity index (χ0) is 79.3. The lowest BCUT2D eigenvalue weighted by molar-refractivity contribution is 0.590. The molecule has 13 aromatic rings. The first-order valence-corrected chi connectivity index (χ1v) is 31.5. The number of aromatic nitrogens is 1. The molecule has 15 rings (SSSR count). The van der Waals surface area contributed by atoms with Gasteiger partial charge in [0.1, 0.15) is 0 Å². The molecule has 0 radical (unpaired) electrons. The molecule has 1 aromatic heterocycles. The molecule has 2 aliphatic rings. The van der Waals surface area contributed by atoms with Gasteiger partial charge in [0, 0.05) is 61.5 Å². The lowest BCUT2D eigenvalue weighted by atomic mass is 9.33. The highest BCUT2D eigenvalue weighted by molar-refractivity contribution is 7.00. The van der Waals surface area contributed by atoms with E-state index in [1.54, 1.807) is 20.8 Å². The fourth-order valence-electron chi connectivity index (χ4n) is 13.1. The number of nitrogens with zero attached hydrogens (tertiary/aromatic N) is 3. The van der Waals surface area contributed by atoms with E-state index in [0.717, 1.165) is 37.9 Å². The highest BCUT2D eigenvalue weighted by Crippen LogP contribution is 2.55. The molecule has 3 nitrogen and oxygen atoms in total. The van der Waals surface area contributed by atoms with Gasteiger partial charge in [-0.1, -0.05) is 283 Å². The highest BCUT2D eigenvalue weighted by atomic mass is 15.2. The SMILES string of the molecule is [2H]c1c([2H])c(-n2c3c([2H])c([2H])c([2H])c([2H])c3c3c([2H])c([2H])c([2H])c([2H])c32)c([2H])c2c1B1c3c(cc(C(C)(C)C)cc3N2c2c(-c3ccccc3)cc(C(C)(C)C)cc2-c2ccccc2)N(c2c(-c3ccccc3)cc(C(C)(C)C)cc2-c2ccccc2)c2c([2H])c([2H])c(-c3c([2H])c([2H])c(C(C)(C)C)c([2H])c3[2H])c([2H])c21. The van der Waals surface area contributed by atoms with Crippen molar-refractivity contribution >= 4 is 79.0 Å². The Morgan fingerprint density at radius 1 is 0.315 bits per heavy atom.